The summed E-state index contributed by atoms with van der Waals surface area (Å²) in [6.45, 7) is 11.9. The van der Waals surface area contributed by atoms with Crippen molar-refractivity contribution in [3.05, 3.63) is 17.0 Å². The summed E-state index contributed by atoms with van der Waals surface area (Å²) >= 11 is 0. The summed E-state index contributed by atoms with van der Waals surface area (Å²) in [5.41, 5.74) is 2.90. The van der Waals surface area contributed by atoms with Gasteiger partial charge in [0.1, 0.15) is 0 Å². The number of nitrogens with zero attached hydrogens (tertiary/aromatic N) is 3. The molecule has 0 amide bonds. The van der Waals surface area contributed by atoms with E-state index < -0.39 is 0 Å². The summed E-state index contributed by atoms with van der Waals surface area (Å²) < 4.78 is 7.80. The Morgan fingerprint density at radius 3 is 2.74 bits per heavy atom. The summed E-state index contributed by atoms with van der Waals surface area (Å²) in [7, 11) is 0. The Labute approximate surface area is 115 Å². The van der Waals surface area contributed by atoms with E-state index in [4.69, 9.17) is 4.74 Å². The van der Waals surface area contributed by atoms with Gasteiger partial charge in [-0.25, -0.2) is 0 Å². The van der Waals surface area contributed by atoms with Crippen LogP contribution >= 0.6 is 0 Å². The molecule has 1 atom stereocenters. The average Bonchev–Trinajstić information content (AvgIpc) is 2.64. The number of aryl methyl sites for hydroxylation is 1. The Morgan fingerprint density at radius 2 is 2.16 bits per heavy atom. The van der Waals surface area contributed by atoms with Crippen LogP contribution in [0.1, 0.15) is 30.8 Å². The van der Waals surface area contributed by atoms with Gasteiger partial charge in [-0.05, 0) is 27.7 Å². The second-order valence-corrected chi connectivity index (χ2v) is 5.57. The van der Waals surface area contributed by atoms with Gasteiger partial charge in [-0.3, -0.25) is 9.58 Å². The highest BCUT2D eigenvalue weighted by atomic mass is 16.5. The van der Waals surface area contributed by atoms with Crippen molar-refractivity contribution in [3.63, 3.8) is 0 Å². The molecular formula is C14H25N3O2. The lowest BCUT2D eigenvalue weighted by molar-refractivity contribution is -0.0472. The number of rotatable bonds is 4. The van der Waals surface area contributed by atoms with Crippen molar-refractivity contribution in [2.24, 2.45) is 0 Å². The molecule has 1 aliphatic heterocycles. The highest BCUT2D eigenvalue weighted by molar-refractivity contribution is 5.23. The summed E-state index contributed by atoms with van der Waals surface area (Å²) in [6, 6.07) is 0.555. The minimum Gasteiger partial charge on any atom is -0.392 e. The van der Waals surface area contributed by atoms with Crippen LogP contribution in [0.25, 0.3) is 0 Å². The molecule has 0 saturated carbocycles. The van der Waals surface area contributed by atoms with E-state index >= 15 is 0 Å². The van der Waals surface area contributed by atoms with Gasteiger partial charge in [0.25, 0.3) is 0 Å². The van der Waals surface area contributed by atoms with E-state index in [2.05, 4.69) is 23.8 Å². The quantitative estimate of drug-likeness (QED) is 0.887. The standard InChI is InChI=1S/C14H25N3O2/c1-10(2)16-5-6-19-13(7-16)8-17-12(4)14(9-18)11(3)15-17/h10,13,18H,5-9H2,1-4H3. The number of aliphatic hydroxyl groups excluding tert-OH is 1. The summed E-state index contributed by atoms with van der Waals surface area (Å²) in [6.07, 6.45) is 0.181. The number of ether oxygens (including phenoxy) is 1. The second-order valence-electron chi connectivity index (χ2n) is 5.57. The number of hydrogen-bond acceptors (Lipinski definition) is 4. The number of hydrogen-bond donors (Lipinski definition) is 1. The Morgan fingerprint density at radius 1 is 1.42 bits per heavy atom. The van der Waals surface area contributed by atoms with Crippen molar-refractivity contribution in [1.29, 1.82) is 0 Å². The Bertz CT molecular complexity index is 429. The van der Waals surface area contributed by atoms with Gasteiger partial charge >= 0.3 is 0 Å². The minimum absolute atomic E-state index is 0.0569. The van der Waals surface area contributed by atoms with Crippen LogP contribution in [0.15, 0.2) is 0 Å². The number of aromatic nitrogens is 2. The van der Waals surface area contributed by atoms with Gasteiger partial charge in [0.15, 0.2) is 0 Å². The summed E-state index contributed by atoms with van der Waals surface area (Å²) in [5.74, 6) is 0. The van der Waals surface area contributed by atoms with Crippen LogP contribution in [-0.2, 0) is 17.9 Å². The fraction of sp³-hybridized carbons (Fsp3) is 0.786. The zero-order chi connectivity index (χ0) is 14.0. The molecule has 0 spiro atoms. The van der Waals surface area contributed by atoms with Gasteiger partial charge in [0.05, 0.1) is 31.6 Å². The minimum atomic E-state index is 0.0569. The largest absolute Gasteiger partial charge is 0.392 e. The SMILES string of the molecule is Cc1nn(CC2CN(C(C)C)CCO2)c(C)c1CO. The molecule has 0 radical (unpaired) electrons. The van der Waals surface area contributed by atoms with Crippen LogP contribution in [0.5, 0.6) is 0 Å². The molecule has 5 heteroatoms. The van der Waals surface area contributed by atoms with E-state index in [0.29, 0.717) is 6.04 Å². The molecular weight excluding hydrogens is 242 g/mol. The van der Waals surface area contributed by atoms with Gasteiger partial charge in [-0.1, -0.05) is 0 Å². The van der Waals surface area contributed by atoms with E-state index in [0.717, 1.165) is 43.2 Å². The third-order valence-electron chi connectivity index (χ3n) is 3.97. The average molecular weight is 267 g/mol. The zero-order valence-electron chi connectivity index (χ0n) is 12.4. The highest BCUT2D eigenvalue weighted by Gasteiger charge is 2.23. The van der Waals surface area contributed by atoms with Crippen molar-refractivity contribution in [2.45, 2.75) is 53.0 Å². The zero-order valence-corrected chi connectivity index (χ0v) is 12.4. The lowest BCUT2D eigenvalue weighted by Crippen LogP contribution is -2.47. The van der Waals surface area contributed by atoms with E-state index in [1.165, 1.54) is 0 Å². The maximum absolute atomic E-state index is 9.34. The Balaban J connectivity index is 2.05. The number of morpholine rings is 1. The molecule has 1 fully saturated rings. The van der Waals surface area contributed by atoms with Gasteiger partial charge in [-0.15, -0.1) is 0 Å². The molecule has 2 rings (SSSR count). The molecule has 1 aromatic heterocycles. The molecule has 1 N–H and O–H groups in total. The molecule has 1 unspecified atom stereocenters. The van der Waals surface area contributed by atoms with Gasteiger partial charge in [0, 0.05) is 30.4 Å². The maximum Gasteiger partial charge on any atom is 0.0898 e. The first-order valence-electron chi connectivity index (χ1n) is 7.02. The highest BCUT2D eigenvalue weighted by Crippen LogP contribution is 2.16. The molecule has 1 saturated heterocycles. The fourth-order valence-corrected chi connectivity index (χ4v) is 2.66. The monoisotopic (exact) mass is 267 g/mol. The normalized spacial score (nSPS) is 21.3. The van der Waals surface area contributed by atoms with Crippen molar-refractivity contribution >= 4 is 0 Å². The van der Waals surface area contributed by atoms with Crippen LogP contribution in [0.3, 0.4) is 0 Å². The van der Waals surface area contributed by atoms with Crippen molar-refractivity contribution in [2.75, 3.05) is 19.7 Å². The van der Waals surface area contributed by atoms with E-state index in [-0.39, 0.29) is 12.7 Å². The molecule has 5 nitrogen and oxygen atoms in total. The van der Waals surface area contributed by atoms with Gasteiger partial charge < -0.3 is 9.84 Å². The van der Waals surface area contributed by atoms with Crippen molar-refractivity contribution in [3.8, 4) is 0 Å². The number of aliphatic hydroxyl groups is 1. The molecule has 19 heavy (non-hydrogen) atoms. The predicted octanol–water partition coefficient (Wildman–Crippen LogP) is 1.10. The first-order chi connectivity index (χ1) is 9.02. The predicted molar refractivity (Wildman–Crippen MR) is 74.1 cm³/mol. The van der Waals surface area contributed by atoms with Crippen molar-refractivity contribution < 1.29 is 9.84 Å². The van der Waals surface area contributed by atoms with Crippen LogP contribution in [-0.4, -0.2) is 51.6 Å². The molecule has 0 aromatic carbocycles. The topological polar surface area (TPSA) is 50.5 Å². The molecule has 0 aliphatic carbocycles. The Kier molecular flexibility index (Phi) is 4.60. The first-order valence-corrected chi connectivity index (χ1v) is 7.02. The summed E-state index contributed by atoms with van der Waals surface area (Å²) in [4.78, 5) is 2.44. The van der Waals surface area contributed by atoms with Gasteiger partial charge in [0.2, 0.25) is 0 Å². The molecule has 1 aliphatic rings. The third-order valence-corrected chi connectivity index (χ3v) is 3.97. The third kappa shape index (κ3) is 3.16. The van der Waals surface area contributed by atoms with E-state index in [1.54, 1.807) is 0 Å². The molecule has 1 aromatic rings. The smallest absolute Gasteiger partial charge is 0.0898 e. The first kappa shape index (κ1) is 14.5. The van der Waals surface area contributed by atoms with Gasteiger partial charge in [-0.2, -0.15) is 5.10 Å². The molecule has 0 bridgehead atoms. The van der Waals surface area contributed by atoms with E-state index in [1.807, 2.05) is 18.5 Å². The molecule has 108 valence electrons. The van der Waals surface area contributed by atoms with Crippen LogP contribution in [0, 0.1) is 13.8 Å². The van der Waals surface area contributed by atoms with Crippen molar-refractivity contribution in [1.82, 2.24) is 14.7 Å². The molecule has 2 heterocycles. The Hall–Kier alpha value is -0.910. The van der Waals surface area contributed by atoms with E-state index in [9.17, 15) is 5.11 Å². The van der Waals surface area contributed by atoms with Crippen LogP contribution in [0.2, 0.25) is 0 Å². The lowest BCUT2D eigenvalue weighted by Gasteiger charge is -2.35. The van der Waals surface area contributed by atoms with Crippen LogP contribution in [0.4, 0.5) is 0 Å². The maximum atomic E-state index is 9.34. The fourth-order valence-electron chi connectivity index (χ4n) is 2.66. The summed E-state index contributed by atoms with van der Waals surface area (Å²) in [5, 5.41) is 13.8. The van der Waals surface area contributed by atoms with Crippen LogP contribution < -0.4 is 0 Å². The lowest BCUT2D eigenvalue weighted by atomic mass is 10.2. The second kappa shape index (κ2) is 6.03.